The minimum atomic E-state index is -0.159. The highest BCUT2D eigenvalue weighted by molar-refractivity contribution is 5.80. The topological polar surface area (TPSA) is 39.4 Å². The van der Waals surface area contributed by atoms with Gasteiger partial charge in [-0.15, -0.1) is 0 Å². The summed E-state index contributed by atoms with van der Waals surface area (Å²) in [5, 5.41) is 1.13. The van der Waals surface area contributed by atoms with Crippen molar-refractivity contribution >= 4 is 16.9 Å². The molecule has 0 radical (unpaired) electrons. The molecule has 0 saturated heterocycles. The smallest absolute Gasteiger partial charge is 0.305 e. The van der Waals surface area contributed by atoms with Gasteiger partial charge in [-0.3, -0.25) is 4.79 Å². The first-order valence-electron chi connectivity index (χ1n) is 5.33. The van der Waals surface area contributed by atoms with Crippen molar-refractivity contribution in [2.45, 2.75) is 19.3 Å². The zero-order valence-corrected chi connectivity index (χ0v) is 9.23. The van der Waals surface area contributed by atoms with Gasteiger partial charge in [0.2, 0.25) is 0 Å². The summed E-state index contributed by atoms with van der Waals surface area (Å²) in [7, 11) is 1.41. The molecule has 0 fully saturated rings. The largest absolute Gasteiger partial charge is 0.469 e. The molecule has 1 aromatic heterocycles. The number of aryl methyl sites for hydroxylation is 1. The van der Waals surface area contributed by atoms with Crippen LogP contribution >= 0.6 is 0 Å². The number of para-hydroxylation sites is 1. The molecule has 0 aliphatic heterocycles. The molecule has 1 heterocycles. The van der Waals surface area contributed by atoms with Crippen LogP contribution in [0.3, 0.4) is 0 Å². The zero-order valence-electron chi connectivity index (χ0n) is 9.23. The van der Waals surface area contributed by atoms with E-state index in [0.29, 0.717) is 6.42 Å². The summed E-state index contributed by atoms with van der Waals surface area (Å²) in [6.07, 6.45) is 3.85. The molecule has 2 aromatic rings. The molecule has 0 spiro atoms. The van der Waals surface area contributed by atoms with Gasteiger partial charge < -0.3 is 9.15 Å². The summed E-state index contributed by atoms with van der Waals surface area (Å²) in [5.41, 5.74) is 2.05. The number of esters is 1. The number of ether oxygens (including phenoxy) is 1. The van der Waals surface area contributed by atoms with Gasteiger partial charge in [-0.1, -0.05) is 18.2 Å². The minimum absolute atomic E-state index is 0.159. The minimum Gasteiger partial charge on any atom is -0.469 e. The summed E-state index contributed by atoms with van der Waals surface area (Å²) in [4.78, 5) is 11.0. The summed E-state index contributed by atoms with van der Waals surface area (Å²) in [5.74, 6) is -0.159. The average Bonchev–Trinajstić information content (AvgIpc) is 2.73. The van der Waals surface area contributed by atoms with Crippen LogP contribution in [-0.4, -0.2) is 13.1 Å². The lowest BCUT2D eigenvalue weighted by Gasteiger charge is -1.98. The number of carbonyl (C=O) groups excluding carboxylic acids is 1. The van der Waals surface area contributed by atoms with E-state index in [2.05, 4.69) is 4.74 Å². The maximum Gasteiger partial charge on any atom is 0.305 e. The highest BCUT2D eigenvalue weighted by Crippen LogP contribution is 2.22. The van der Waals surface area contributed by atoms with Gasteiger partial charge >= 0.3 is 5.97 Å². The van der Waals surface area contributed by atoms with Crippen LogP contribution in [0.1, 0.15) is 18.4 Å². The van der Waals surface area contributed by atoms with Crippen LogP contribution < -0.4 is 0 Å². The SMILES string of the molecule is COC(=O)CCCc1coc2ccccc12. The second-order valence-electron chi connectivity index (χ2n) is 3.69. The van der Waals surface area contributed by atoms with Crippen molar-refractivity contribution in [3.05, 3.63) is 36.1 Å². The molecule has 0 atom stereocenters. The average molecular weight is 218 g/mol. The number of carbonyl (C=O) groups is 1. The first kappa shape index (κ1) is 10.7. The Morgan fingerprint density at radius 2 is 2.19 bits per heavy atom. The number of furan rings is 1. The lowest BCUT2D eigenvalue weighted by Crippen LogP contribution is -2.00. The Morgan fingerprint density at radius 3 is 3.00 bits per heavy atom. The summed E-state index contributed by atoms with van der Waals surface area (Å²) >= 11 is 0. The van der Waals surface area contributed by atoms with E-state index in [1.165, 1.54) is 7.11 Å². The molecule has 84 valence electrons. The highest BCUT2D eigenvalue weighted by Gasteiger charge is 2.06. The van der Waals surface area contributed by atoms with Crippen molar-refractivity contribution in [1.82, 2.24) is 0 Å². The van der Waals surface area contributed by atoms with Gasteiger partial charge in [-0.05, 0) is 24.5 Å². The van der Waals surface area contributed by atoms with E-state index in [0.717, 1.165) is 29.4 Å². The van der Waals surface area contributed by atoms with Crippen LogP contribution in [0.15, 0.2) is 34.9 Å². The van der Waals surface area contributed by atoms with E-state index in [4.69, 9.17) is 4.42 Å². The maximum absolute atomic E-state index is 11.0. The first-order chi connectivity index (χ1) is 7.81. The summed E-state index contributed by atoms with van der Waals surface area (Å²) in [6.45, 7) is 0. The number of benzene rings is 1. The number of fused-ring (bicyclic) bond motifs is 1. The quantitative estimate of drug-likeness (QED) is 0.741. The van der Waals surface area contributed by atoms with Crippen molar-refractivity contribution in [1.29, 1.82) is 0 Å². The number of rotatable bonds is 4. The second-order valence-corrected chi connectivity index (χ2v) is 3.69. The summed E-state index contributed by atoms with van der Waals surface area (Å²) in [6, 6.07) is 7.91. The highest BCUT2D eigenvalue weighted by atomic mass is 16.5. The Kier molecular flexibility index (Phi) is 3.25. The van der Waals surface area contributed by atoms with Crippen LogP contribution in [0.2, 0.25) is 0 Å². The molecular weight excluding hydrogens is 204 g/mol. The molecule has 2 rings (SSSR count). The van der Waals surface area contributed by atoms with Crippen molar-refractivity contribution in [2.75, 3.05) is 7.11 Å². The van der Waals surface area contributed by atoms with Gasteiger partial charge in [0.15, 0.2) is 0 Å². The molecule has 0 bridgehead atoms. The third-order valence-electron chi connectivity index (χ3n) is 2.62. The van der Waals surface area contributed by atoms with Gasteiger partial charge in [-0.2, -0.15) is 0 Å². The van der Waals surface area contributed by atoms with Crippen molar-refractivity contribution in [2.24, 2.45) is 0 Å². The lowest BCUT2D eigenvalue weighted by atomic mass is 10.1. The molecule has 0 amide bonds. The molecule has 0 N–H and O–H groups in total. The number of hydrogen-bond acceptors (Lipinski definition) is 3. The van der Waals surface area contributed by atoms with E-state index >= 15 is 0 Å². The zero-order chi connectivity index (χ0) is 11.4. The van der Waals surface area contributed by atoms with Gasteiger partial charge in [-0.25, -0.2) is 0 Å². The number of hydrogen-bond donors (Lipinski definition) is 0. The third kappa shape index (κ3) is 2.24. The van der Waals surface area contributed by atoms with E-state index in [1.54, 1.807) is 6.26 Å². The fraction of sp³-hybridized carbons (Fsp3) is 0.308. The molecule has 0 aliphatic carbocycles. The normalized spacial score (nSPS) is 10.6. The predicted molar refractivity (Wildman–Crippen MR) is 61.2 cm³/mol. The van der Waals surface area contributed by atoms with Crippen molar-refractivity contribution in [3.63, 3.8) is 0 Å². The van der Waals surface area contributed by atoms with Crippen molar-refractivity contribution in [3.8, 4) is 0 Å². The monoisotopic (exact) mass is 218 g/mol. The van der Waals surface area contributed by atoms with Gasteiger partial charge in [0, 0.05) is 11.8 Å². The number of methoxy groups -OCH3 is 1. The van der Waals surface area contributed by atoms with Crippen LogP contribution in [0.25, 0.3) is 11.0 Å². The standard InChI is InChI=1S/C13H14O3/c1-15-13(14)8-4-5-10-9-16-12-7-3-2-6-11(10)12/h2-3,6-7,9H,4-5,8H2,1H3. The first-order valence-corrected chi connectivity index (χ1v) is 5.33. The Labute approximate surface area is 94.0 Å². The van der Waals surface area contributed by atoms with Gasteiger partial charge in [0.1, 0.15) is 5.58 Å². The Bertz CT molecular complexity index is 485. The molecule has 0 aliphatic rings. The Balaban J connectivity index is 2.02. The van der Waals surface area contributed by atoms with E-state index < -0.39 is 0 Å². The molecule has 3 heteroatoms. The lowest BCUT2D eigenvalue weighted by molar-refractivity contribution is -0.140. The van der Waals surface area contributed by atoms with Crippen LogP contribution in [0.4, 0.5) is 0 Å². The van der Waals surface area contributed by atoms with Crippen LogP contribution in [0.5, 0.6) is 0 Å². The fourth-order valence-corrected chi connectivity index (χ4v) is 1.75. The Morgan fingerprint density at radius 1 is 1.38 bits per heavy atom. The summed E-state index contributed by atoms with van der Waals surface area (Å²) < 4.78 is 10.0. The fourth-order valence-electron chi connectivity index (χ4n) is 1.75. The molecule has 1 aromatic carbocycles. The molecule has 0 unspecified atom stereocenters. The molecule has 16 heavy (non-hydrogen) atoms. The molecular formula is C13H14O3. The van der Waals surface area contributed by atoms with Gasteiger partial charge in [0.25, 0.3) is 0 Å². The van der Waals surface area contributed by atoms with Crippen LogP contribution in [0, 0.1) is 0 Å². The van der Waals surface area contributed by atoms with Crippen LogP contribution in [-0.2, 0) is 16.0 Å². The Hall–Kier alpha value is -1.77. The van der Waals surface area contributed by atoms with E-state index in [-0.39, 0.29) is 5.97 Å². The van der Waals surface area contributed by atoms with E-state index in [9.17, 15) is 4.79 Å². The predicted octanol–water partition coefficient (Wildman–Crippen LogP) is 2.93. The second kappa shape index (κ2) is 4.84. The van der Waals surface area contributed by atoms with Gasteiger partial charge in [0.05, 0.1) is 13.4 Å². The maximum atomic E-state index is 11.0. The molecule has 3 nitrogen and oxygen atoms in total. The molecule has 0 saturated carbocycles. The van der Waals surface area contributed by atoms with Crippen molar-refractivity contribution < 1.29 is 13.9 Å². The van der Waals surface area contributed by atoms with E-state index in [1.807, 2.05) is 24.3 Å². The third-order valence-corrected chi connectivity index (χ3v) is 2.62.